The van der Waals surface area contributed by atoms with Gasteiger partial charge in [-0.15, -0.1) is 0 Å². The first-order valence-electron chi connectivity index (χ1n) is 14.0. The number of rotatable bonds is 17. The number of carbonyl (C=O) groups is 2. The highest BCUT2D eigenvalue weighted by Gasteiger charge is 2.21. The van der Waals surface area contributed by atoms with Gasteiger partial charge in [-0.05, 0) is 30.2 Å². The van der Waals surface area contributed by atoms with Gasteiger partial charge in [0.05, 0.1) is 17.7 Å². The third-order valence-electron chi connectivity index (χ3n) is 6.70. The van der Waals surface area contributed by atoms with E-state index >= 15 is 0 Å². The number of phenols is 1. The van der Waals surface area contributed by atoms with Gasteiger partial charge in [0.15, 0.2) is 5.78 Å². The summed E-state index contributed by atoms with van der Waals surface area (Å²) in [5.41, 5.74) is 2.39. The zero-order valence-corrected chi connectivity index (χ0v) is 22.6. The number of carbonyl (C=O) groups excluding carboxylic acids is 2. The monoisotopic (exact) mass is 515 g/mol. The Labute approximate surface area is 227 Å². The molecule has 3 aromatic carbocycles. The molecule has 0 fully saturated rings. The predicted octanol–water partition coefficient (Wildman–Crippen LogP) is 8.31. The molecule has 0 unspecified atom stereocenters. The molecule has 202 valence electrons. The van der Waals surface area contributed by atoms with Gasteiger partial charge in [-0.3, -0.25) is 4.79 Å². The molecule has 0 spiro atoms. The van der Waals surface area contributed by atoms with Crippen LogP contribution < -0.4 is 5.32 Å². The second-order valence-corrected chi connectivity index (χ2v) is 9.76. The average molecular weight is 516 g/mol. The average Bonchev–Trinajstić information content (AvgIpc) is 2.95. The number of phenolic OH excluding ortho intramolecular Hbond substituents is 1. The van der Waals surface area contributed by atoms with E-state index < -0.39 is 11.8 Å². The number of benzene rings is 3. The van der Waals surface area contributed by atoms with Crippen LogP contribution in [0.1, 0.15) is 103 Å². The lowest BCUT2D eigenvalue weighted by Gasteiger charge is -2.12. The Balaban J connectivity index is 1.48. The van der Waals surface area contributed by atoms with Crippen molar-refractivity contribution in [3.8, 4) is 5.75 Å². The summed E-state index contributed by atoms with van der Waals surface area (Å²) in [6.07, 6.45) is 12.1. The lowest BCUT2D eigenvalue weighted by Crippen LogP contribution is -2.13. The van der Waals surface area contributed by atoms with E-state index in [-0.39, 0.29) is 22.4 Å². The third-order valence-corrected chi connectivity index (χ3v) is 6.70. The van der Waals surface area contributed by atoms with Crippen molar-refractivity contribution in [1.29, 1.82) is 0 Å². The van der Waals surface area contributed by atoms with Crippen LogP contribution in [-0.4, -0.2) is 23.5 Å². The van der Waals surface area contributed by atoms with Crippen LogP contribution in [0.25, 0.3) is 0 Å². The molecule has 3 aromatic rings. The van der Waals surface area contributed by atoms with Crippen LogP contribution in [0.5, 0.6) is 5.75 Å². The molecule has 0 aliphatic rings. The Hall–Kier alpha value is -3.60. The largest absolute Gasteiger partial charge is 0.507 e. The molecule has 0 saturated carbocycles. The SMILES string of the molecule is CCCCCCCCCCCCOC(=O)c1ccccc1C(=O)c1ccc(NCc2ccccc2)cc1O. The highest BCUT2D eigenvalue weighted by atomic mass is 16.5. The lowest BCUT2D eigenvalue weighted by atomic mass is 9.97. The molecule has 5 heteroatoms. The van der Waals surface area contributed by atoms with E-state index in [1.807, 2.05) is 30.3 Å². The van der Waals surface area contributed by atoms with Crippen molar-refractivity contribution in [3.63, 3.8) is 0 Å². The number of unbranched alkanes of at least 4 members (excludes halogenated alkanes) is 9. The molecule has 0 radical (unpaired) electrons. The number of nitrogens with one attached hydrogen (secondary N) is 1. The number of ether oxygens (including phenoxy) is 1. The molecule has 0 aliphatic carbocycles. The van der Waals surface area contributed by atoms with Crippen LogP contribution in [0.15, 0.2) is 72.8 Å². The molecule has 0 atom stereocenters. The van der Waals surface area contributed by atoms with E-state index in [4.69, 9.17) is 4.74 Å². The van der Waals surface area contributed by atoms with Crippen molar-refractivity contribution >= 4 is 17.4 Å². The highest BCUT2D eigenvalue weighted by molar-refractivity contribution is 6.15. The van der Waals surface area contributed by atoms with Crippen LogP contribution in [0.4, 0.5) is 5.69 Å². The molecular formula is C33H41NO4. The van der Waals surface area contributed by atoms with Gasteiger partial charge >= 0.3 is 5.97 Å². The second kappa shape index (κ2) is 16.3. The highest BCUT2D eigenvalue weighted by Crippen LogP contribution is 2.26. The van der Waals surface area contributed by atoms with Crippen LogP contribution in [0, 0.1) is 0 Å². The zero-order chi connectivity index (χ0) is 27.0. The first-order chi connectivity index (χ1) is 18.6. The maximum Gasteiger partial charge on any atom is 0.338 e. The molecule has 5 nitrogen and oxygen atoms in total. The summed E-state index contributed by atoms with van der Waals surface area (Å²) >= 11 is 0. The fourth-order valence-electron chi connectivity index (χ4n) is 4.47. The van der Waals surface area contributed by atoms with Crippen molar-refractivity contribution in [2.45, 2.75) is 77.7 Å². The minimum Gasteiger partial charge on any atom is -0.507 e. The van der Waals surface area contributed by atoms with Gasteiger partial charge in [-0.1, -0.05) is 113 Å². The van der Waals surface area contributed by atoms with Gasteiger partial charge in [-0.25, -0.2) is 4.79 Å². The van der Waals surface area contributed by atoms with Crippen molar-refractivity contribution in [2.24, 2.45) is 0 Å². The Kier molecular flexibility index (Phi) is 12.4. The van der Waals surface area contributed by atoms with Gasteiger partial charge in [-0.2, -0.15) is 0 Å². The predicted molar refractivity (Wildman–Crippen MR) is 154 cm³/mol. The second-order valence-electron chi connectivity index (χ2n) is 9.76. The van der Waals surface area contributed by atoms with Gasteiger partial charge in [0.25, 0.3) is 0 Å². The Morgan fingerprint density at radius 2 is 1.32 bits per heavy atom. The zero-order valence-electron chi connectivity index (χ0n) is 22.6. The molecule has 3 rings (SSSR count). The normalized spacial score (nSPS) is 10.8. The summed E-state index contributed by atoms with van der Waals surface area (Å²) in [6.45, 7) is 3.17. The minimum absolute atomic E-state index is 0.137. The summed E-state index contributed by atoms with van der Waals surface area (Å²) < 4.78 is 5.49. The maximum atomic E-state index is 13.3. The summed E-state index contributed by atoms with van der Waals surface area (Å²) in [6, 6.07) is 21.4. The first-order valence-corrected chi connectivity index (χ1v) is 14.0. The fourth-order valence-corrected chi connectivity index (χ4v) is 4.47. The topological polar surface area (TPSA) is 75.6 Å². The molecule has 2 N–H and O–H groups in total. The van der Waals surface area contributed by atoms with Gasteiger partial charge in [0, 0.05) is 23.9 Å². The quantitative estimate of drug-likeness (QED) is 0.107. The van der Waals surface area contributed by atoms with E-state index in [0.29, 0.717) is 18.8 Å². The Bertz CT molecular complexity index is 1140. The van der Waals surface area contributed by atoms with Gasteiger partial charge in [0.1, 0.15) is 5.75 Å². The molecule has 0 heterocycles. The standard InChI is InChI=1S/C33H41NO4/c1-2-3-4-5-6-7-8-9-10-16-23-38-33(37)29-20-15-14-19-28(29)32(36)30-22-21-27(24-31(30)35)34-25-26-17-12-11-13-18-26/h11-15,17-22,24,34-35H,2-10,16,23,25H2,1H3. The number of esters is 1. The molecule has 0 aromatic heterocycles. The molecule has 0 amide bonds. The Morgan fingerprint density at radius 3 is 1.97 bits per heavy atom. The maximum absolute atomic E-state index is 13.3. The number of ketones is 1. The summed E-state index contributed by atoms with van der Waals surface area (Å²) in [4.78, 5) is 26.0. The van der Waals surface area contributed by atoms with E-state index in [1.54, 1.807) is 36.4 Å². The summed E-state index contributed by atoms with van der Waals surface area (Å²) in [5, 5.41) is 13.8. The third kappa shape index (κ3) is 9.37. The molecule has 38 heavy (non-hydrogen) atoms. The Morgan fingerprint density at radius 1 is 0.711 bits per heavy atom. The summed E-state index contributed by atoms with van der Waals surface area (Å²) in [5.74, 6) is -1.06. The first kappa shape index (κ1) is 29.0. The smallest absolute Gasteiger partial charge is 0.338 e. The lowest BCUT2D eigenvalue weighted by molar-refractivity contribution is 0.0495. The van der Waals surface area contributed by atoms with E-state index in [2.05, 4.69) is 12.2 Å². The van der Waals surface area contributed by atoms with E-state index in [9.17, 15) is 14.7 Å². The number of hydrogen-bond donors (Lipinski definition) is 2. The van der Waals surface area contributed by atoms with Crippen molar-refractivity contribution in [1.82, 2.24) is 0 Å². The van der Waals surface area contributed by atoms with Gasteiger partial charge in [0.2, 0.25) is 0 Å². The van der Waals surface area contributed by atoms with E-state index in [0.717, 1.165) is 24.8 Å². The van der Waals surface area contributed by atoms with Crippen molar-refractivity contribution < 1.29 is 19.4 Å². The van der Waals surface area contributed by atoms with Crippen molar-refractivity contribution in [2.75, 3.05) is 11.9 Å². The summed E-state index contributed by atoms with van der Waals surface area (Å²) in [7, 11) is 0. The van der Waals surface area contributed by atoms with E-state index in [1.165, 1.54) is 51.0 Å². The van der Waals surface area contributed by atoms with Crippen LogP contribution in [-0.2, 0) is 11.3 Å². The molecule has 0 aliphatic heterocycles. The van der Waals surface area contributed by atoms with Crippen molar-refractivity contribution in [3.05, 3.63) is 95.1 Å². The molecule has 0 saturated heterocycles. The number of aromatic hydroxyl groups is 1. The van der Waals surface area contributed by atoms with Crippen LogP contribution in [0.3, 0.4) is 0 Å². The molecule has 0 bridgehead atoms. The number of anilines is 1. The van der Waals surface area contributed by atoms with Crippen LogP contribution >= 0.6 is 0 Å². The fraction of sp³-hybridized carbons (Fsp3) is 0.394. The molecular weight excluding hydrogens is 474 g/mol. The minimum atomic E-state index is -0.509. The number of hydrogen-bond acceptors (Lipinski definition) is 5. The van der Waals surface area contributed by atoms with Gasteiger partial charge < -0.3 is 15.2 Å². The van der Waals surface area contributed by atoms with Crippen LogP contribution in [0.2, 0.25) is 0 Å².